The van der Waals surface area contributed by atoms with Crippen molar-refractivity contribution in [3.63, 3.8) is 0 Å². The Bertz CT molecular complexity index is 958. The molecule has 1 aliphatic heterocycles. The molecule has 3 rings (SSSR count). The van der Waals surface area contributed by atoms with Crippen LogP contribution in [0.3, 0.4) is 0 Å². The Hall–Kier alpha value is -2.97. The van der Waals surface area contributed by atoms with Crippen LogP contribution in [-0.4, -0.2) is 59.3 Å². The van der Waals surface area contributed by atoms with Crippen LogP contribution in [0.25, 0.3) is 0 Å². The highest BCUT2D eigenvalue weighted by Gasteiger charge is 2.23. The minimum Gasteiger partial charge on any atom is -0.340 e. The number of aryl methyl sites for hydroxylation is 1. The zero-order chi connectivity index (χ0) is 21.7. The van der Waals surface area contributed by atoms with E-state index in [-0.39, 0.29) is 29.1 Å². The number of carbonyl (C=O) groups excluding carboxylic acids is 2. The van der Waals surface area contributed by atoms with Gasteiger partial charge in [-0.25, -0.2) is 0 Å². The van der Waals surface area contributed by atoms with Crippen LogP contribution in [0.2, 0.25) is 5.02 Å². The number of hydrogen-bond donors (Lipinski definition) is 1. The van der Waals surface area contributed by atoms with Gasteiger partial charge < -0.3 is 10.2 Å². The molecule has 9 heteroatoms. The molecule has 158 valence electrons. The number of halogens is 1. The number of nitro groups is 1. The number of nitrogens with one attached hydrogen (secondary N) is 1. The number of amides is 2. The van der Waals surface area contributed by atoms with Gasteiger partial charge in [-0.2, -0.15) is 0 Å². The van der Waals surface area contributed by atoms with E-state index < -0.39 is 4.92 Å². The van der Waals surface area contributed by atoms with Crippen molar-refractivity contribution in [2.24, 2.45) is 0 Å². The molecule has 0 saturated carbocycles. The Labute approximate surface area is 179 Å². The molecular weight excluding hydrogens is 408 g/mol. The molecule has 2 aromatic carbocycles. The van der Waals surface area contributed by atoms with Gasteiger partial charge in [0.05, 0.1) is 17.9 Å². The van der Waals surface area contributed by atoms with Crippen molar-refractivity contribution in [2.45, 2.75) is 13.3 Å². The van der Waals surface area contributed by atoms with Crippen LogP contribution < -0.4 is 5.32 Å². The molecule has 1 aliphatic rings. The third-order valence-electron chi connectivity index (χ3n) is 5.12. The summed E-state index contributed by atoms with van der Waals surface area (Å²) in [5, 5.41) is 13.6. The van der Waals surface area contributed by atoms with Gasteiger partial charge in [-0.3, -0.25) is 24.6 Å². The summed E-state index contributed by atoms with van der Waals surface area (Å²) in [6.07, 6.45) is 0.377. The molecule has 1 fully saturated rings. The number of piperazine rings is 1. The first kappa shape index (κ1) is 21.7. The van der Waals surface area contributed by atoms with Gasteiger partial charge in [0.25, 0.3) is 5.69 Å². The summed E-state index contributed by atoms with van der Waals surface area (Å²) in [6, 6.07) is 12.0. The minimum atomic E-state index is -0.592. The smallest absolute Gasteiger partial charge is 0.289 e. The molecule has 1 heterocycles. The fourth-order valence-electron chi connectivity index (χ4n) is 3.37. The zero-order valence-electron chi connectivity index (χ0n) is 16.6. The SMILES string of the molecule is Cc1ccccc1CC(=O)N1CCN(CC(=O)Nc2ccc(Cl)c([N+](=O)[O-])c2)CC1. The molecule has 0 radical (unpaired) electrons. The van der Waals surface area contributed by atoms with Gasteiger partial charge in [-0.05, 0) is 30.2 Å². The summed E-state index contributed by atoms with van der Waals surface area (Å²) < 4.78 is 0. The van der Waals surface area contributed by atoms with Gasteiger partial charge in [0.2, 0.25) is 11.8 Å². The highest BCUT2D eigenvalue weighted by atomic mass is 35.5. The number of nitrogens with zero attached hydrogens (tertiary/aromatic N) is 3. The van der Waals surface area contributed by atoms with Crippen LogP contribution in [0.1, 0.15) is 11.1 Å². The van der Waals surface area contributed by atoms with Crippen molar-refractivity contribution >= 4 is 34.8 Å². The molecule has 30 heavy (non-hydrogen) atoms. The molecule has 1 N–H and O–H groups in total. The fraction of sp³-hybridized carbons (Fsp3) is 0.333. The first-order valence-electron chi connectivity index (χ1n) is 9.62. The molecule has 2 amide bonds. The molecule has 0 aliphatic carbocycles. The van der Waals surface area contributed by atoms with E-state index in [1.165, 1.54) is 18.2 Å². The molecule has 0 bridgehead atoms. The van der Waals surface area contributed by atoms with E-state index in [2.05, 4.69) is 5.32 Å². The maximum absolute atomic E-state index is 12.6. The van der Waals surface area contributed by atoms with Crippen molar-refractivity contribution in [1.82, 2.24) is 9.80 Å². The normalized spacial score (nSPS) is 14.4. The molecule has 2 aromatic rings. The molecule has 0 atom stereocenters. The number of nitro benzene ring substituents is 1. The fourth-order valence-corrected chi connectivity index (χ4v) is 3.56. The zero-order valence-corrected chi connectivity index (χ0v) is 17.4. The van der Waals surface area contributed by atoms with Crippen LogP contribution in [0.15, 0.2) is 42.5 Å². The lowest BCUT2D eigenvalue weighted by Gasteiger charge is -2.34. The summed E-state index contributed by atoms with van der Waals surface area (Å²) in [5.41, 5.74) is 2.20. The molecule has 8 nitrogen and oxygen atoms in total. The quantitative estimate of drug-likeness (QED) is 0.561. The van der Waals surface area contributed by atoms with Crippen LogP contribution in [-0.2, 0) is 16.0 Å². The van der Waals surface area contributed by atoms with E-state index >= 15 is 0 Å². The Kier molecular flexibility index (Phi) is 7.02. The third kappa shape index (κ3) is 5.55. The largest absolute Gasteiger partial charge is 0.340 e. The molecule has 0 unspecified atom stereocenters. The van der Waals surface area contributed by atoms with E-state index in [0.717, 1.165) is 11.1 Å². The number of anilines is 1. The second kappa shape index (κ2) is 9.69. The molecule has 0 aromatic heterocycles. The van der Waals surface area contributed by atoms with Gasteiger partial charge in [-0.15, -0.1) is 0 Å². The second-order valence-corrected chi connectivity index (χ2v) is 7.64. The van der Waals surface area contributed by atoms with Gasteiger partial charge in [-0.1, -0.05) is 35.9 Å². The van der Waals surface area contributed by atoms with Crippen molar-refractivity contribution in [1.29, 1.82) is 0 Å². The van der Waals surface area contributed by atoms with Gasteiger partial charge >= 0.3 is 0 Å². The predicted molar refractivity (Wildman–Crippen MR) is 115 cm³/mol. The Morgan fingerprint density at radius 2 is 1.83 bits per heavy atom. The lowest BCUT2D eigenvalue weighted by atomic mass is 10.1. The molecule has 0 spiro atoms. The highest BCUT2D eigenvalue weighted by molar-refractivity contribution is 6.32. The Morgan fingerprint density at radius 3 is 2.50 bits per heavy atom. The topological polar surface area (TPSA) is 95.8 Å². The molecule has 1 saturated heterocycles. The van der Waals surface area contributed by atoms with Gasteiger partial charge in [0, 0.05) is 37.9 Å². The Balaban J connectivity index is 1.48. The number of hydrogen-bond acceptors (Lipinski definition) is 5. The van der Waals surface area contributed by atoms with Crippen LogP contribution in [0.5, 0.6) is 0 Å². The third-order valence-corrected chi connectivity index (χ3v) is 5.44. The van der Waals surface area contributed by atoms with Gasteiger partial charge in [0.15, 0.2) is 0 Å². The van der Waals surface area contributed by atoms with E-state index in [0.29, 0.717) is 38.3 Å². The maximum Gasteiger partial charge on any atom is 0.289 e. The summed E-state index contributed by atoms with van der Waals surface area (Å²) in [6.45, 7) is 4.45. The average molecular weight is 431 g/mol. The summed E-state index contributed by atoms with van der Waals surface area (Å²) >= 11 is 5.79. The van der Waals surface area contributed by atoms with Crippen molar-refractivity contribution in [3.05, 3.63) is 68.7 Å². The second-order valence-electron chi connectivity index (χ2n) is 7.23. The minimum absolute atomic E-state index is 0.0180. The Morgan fingerprint density at radius 1 is 1.13 bits per heavy atom. The van der Waals surface area contributed by atoms with E-state index in [1.54, 1.807) is 0 Å². The number of carbonyl (C=O) groups is 2. The first-order chi connectivity index (χ1) is 14.3. The lowest BCUT2D eigenvalue weighted by Crippen LogP contribution is -2.50. The van der Waals surface area contributed by atoms with E-state index in [4.69, 9.17) is 11.6 Å². The summed E-state index contributed by atoms with van der Waals surface area (Å²) in [5.74, 6) is -0.187. The average Bonchev–Trinajstić information content (AvgIpc) is 2.71. The summed E-state index contributed by atoms with van der Waals surface area (Å²) in [7, 11) is 0. The predicted octanol–water partition coefficient (Wildman–Crippen LogP) is 2.88. The van der Waals surface area contributed by atoms with Crippen LogP contribution >= 0.6 is 11.6 Å². The number of benzene rings is 2. The monoisotopic (exact) mass is 430 g/mol. The van der Waals surface area contributed by atoms with Gasteiger partial charge in [0.1, 0.15) is 5.02 Å². The number of rotatable bonds is 6. The molecular formula is C21H23ClN4O4. The van der Waals surface area contributed by atoms with Crippen LogP contribution in [0.4, 0.5) is 11.4 Å². The van der Waals surface area contributed by atoms with Crippen molar-refractivity contribution < 1.29 is 14.5 Å². The lowest BCUT2D eigenvalue weighted by molar-refractivity contribution is -0.384. The van der Waals surface area contributed by atoms with E-state index in [1.807, 2.05) is 41.0 Å². The van der Waals surface area contributed by atoms with Crippen molar-refractivity contribution in [2.75, 3.05) is 38.0 Å². The van der Waals surface area contributed by atoms with Crippen LogP contribution in [0, 0.1) is 17.0 Å². The highest BCUT2D eigenvalue weighted by Crippen LogP contribution is 2.27. The van der Waals surface area contributed by atoms with E-state index in [9.17, 15) is 19.7 Å². The standard InChI is InChI=1S/C21H23ClN4O4/c1-15-4-2-3-5-16(15)12-21(28)25-10-8-24(9-11-25)14-20(27)23-17-6-7-18(22)19(13-17)26(29)30/h2-7,13H,8-12,14H2,1H3,(H,23,27). The van der Waals surface area contributed by atoms with Crippen molar-refractivity contribution in [3.8, 4) is 0 Å². The maximum atomic E-state index is 12.6. The first-order valence-corrected chi connectivity index (χ1v) is 9.99. The summed E-state index contributed by atoms with van der Waals surface area (Å²) in [4.78, 5) is 39.0.